The van der Waals surface area contributed by atoms with Crippen molar-refractivity contribution in [1.82, 2.24) is 5.43 Å². The predicted molar refractivity (Wildman–Crippen MR) is 57.2 cm³/mol. The van der Waals surface area contributed by atoms with Gasteiger partial charge in [-0.1, -0.05) is 40.9 Å². The monoisotopic (exact) mass is 238 g/mol. The number of hydrogen-bond acceptors (Lipinski definition) is 2. The van der Waals surface area contributed by atoms with Crippen molar-refractivity contribution in [1.29, 1.82) is 0 Å². The molecule has 0 unspecified atom stereocenters. The number of halogens is 3. The fourth-order valence-electron chi connectivity index (χ4n) is 0.965. The van der Waals surface area contributed by atoms with E-state index in [9.17, 15) is 0 Å². The van der Waals surface area contributed by atoms with E-state index in [0.29, 0.717) is 15.1 Å². The third kappa shape index (κ3) is 2.27. The van der Waals surface area contributed by atoms with Gasteiger partial charge in [-0.3, -0.25) is 11.3 Å². The van der Waals surface area contributed by atoms with Crippen molar-refractivity contribution < 1.29 is 0 Å². The molecule has 72 valence electrons. The second kappa shape index (κ2) is 4.49. The number of hydrazine groups is 1. The zero-order chi connectivity index (χ0) is 10.0. The molecule has 0 aliphatic carbocycles. The number of nitrogens with two attached hydrogens (primary N) is 1. The van der Waals surface area contributed by atoms with Crippen molar-refractivity contribution >= 4 is 34.8 Å². The summed E-state index contributed by atoms with van der Waals surface area (Å²) in [6.07, 6.45) is 0. The van der Waals surface area contributed by atoms with E-state index >= 15 is 0 Å². The van der Waals surface area contributed by atoms with Gasteiger partial charge in [-0.25, -0.2) is 0 Å². The van der Waals surface area contributed by atoms with E-state index in [-0.39, 0.29) is 6.04 Å². The summed E-state index contributed by atoms with van der Waals surface area (Å²) in [5.41, 5.74) is 3.41. The molecule has 0 radical (unpaired) electrons. The van der Waals surface area contributed by atoms with Crippen molar-refractivity contribution in [2.45, 2.75) is 13.0 Å². The minimum absolute atomic E-state index is 0.0535. The second-order valence-corrected chi connectivity index (χ2v) is 3.82. The first kappa shape index (κ1) is 11.1. The largest absolute Gasteiger partial charge is 0.271 e. The Morgan fingerprint density at radius 3 is 2.38 bits per heavy atom. The highest BCUT2D eigenvalue weighted by atomic mass is 35.5. The summed E-state index contributed by atoms with van der Waals surface area (Å²) in [5.74, 6) is 5.28. The topological polar surface area (TPSA) is 38.0 Å². The summed E-state index contributed by atoms with van der Waals surface area (Å²) in [6, 6.07) is 3.43. The van der Waals surface area contributed by atoms with Crippen LogP contribution in [0.25, 0.3) is 0 Å². The van der Waals surface area contributed by atoms with Gasteiger partial charge in [0.25, 0.3) is 0 Å². The van der Waals surface area contributed by atoms with Gasteiger partial charge >= 0.3 is 0 Å². The van der Waals surface area contributed by atoms with Crippen LogP contribution < -0.4 is 11.3 Å². The first-order chi connectivity index (χ1) is 6.07. The number of benzene rings is 1. The van der Waals surface area contributed by atoms with Crippen molar-refractivity contribution in [2.75, 3.05) is 0 Å². The fourth-order valence-corrected chi connectivity index (χ4v) is 1.67. The van der Waals surface area contributed by atoms with Gasteiger partial charge in [0.05, 0.1) is 15.1 Å². The molecule has 1 rings (SSSR count). The minimum atomic E-state index is -0.0535. The van der Waals surface area contributed by atoms with Crippen LogP contribution in [-0.2, 0) is 0 Å². The Hall–Kier alpha value is 0.01000. The Balaban J connectivity index is 3.18. The standard InChI is InChI=1S/C8H9Cl3N2/c1-4(13-12)5-2-3-6(9)8(11)7(5)10/h2-4,13H,12H2,1H3/t4-/m0/s1. The molecule has 0 aromatic heterocycles. The summed E-state index contributed by atoms with van der Waals surface area (Å²) in [5, 5.41) is 1.25. The lowest BCUT2D eigenvalue weighted by molar-refractivity contribution is 0.603. The van der Waals surface area contributed by atoms with Gasteiger partial charge in [0.2, 0.25) is 0 Å². The molecule has 0 heterocycles. The van der Waals surface area contributed by atoms with E-state index in [1.165, 1.54) is 0 Å². The molecule has 0 aliphatic heterocycles. The molecule has 1 aromatic rings. The molecular formula is C8H9Cl3N2. The van der Waals surface area contributed by atoms with Crippen LogP contribution >= 0.6 is 34.8 Å². The maximum Gasteiger partial charge on any atom is 0.0781 e. The summed E-state index contributed by atoms with van der Waals surface area (Å²) in [7, 11) is 0. The van der Waals surface area contributed by atoms with E-state index in [4.69, 9.17) is 40.6 Å². The van der Waals surface area contributed by atoms with Crippen LogP contribution in [0.5, 0.6) is 0 Å². The molecule has 0 amide bonds. The minimum Gasteiger partial charge on any atom is -0.271 e. The van der Waals surface area contributed by atoms with Crippen LogP contribution in [0.2, 0.25) is 15.1 Å². The highest BCUT2D eigenvalue weighted by molar-refractivity contribution is 6.48. The molecule has 1 aromatic carbocycles. The summed E-state index contributed by atoms with van der Waals surface area (Å²) < 4.78 is 0. The van der Waals surface area contributed by atoms with E-state index in [1.54, 1.807) is 12.1 Å². The van der Waals surface area contributed by atoms with Gasteiger partial charge in [0.1, 0.15) is 0 Å². The first-order valence-corrected chi connectivity index (χ1v) is 4.80. The lowest BCUT2D eigenvalue weighted by Crippen LogP contribution is -2.25. The first-order valence-electron chi connectivity index (χ1n) is 3.67. The molecule has 13 heavy (non-hydrogen) atoms. The van der Waals surface area contributed by atoms with E-state index in [2.05, 4.69) is 5.43 Å². The van der Waals surface area contributed by atoms with Crippen molar-refractivity contribution in [3.05, 3.63) is 32.8 Å². The zero-order valence-corrected chi connectivity index (χ0v) is 9.21. The fraction of sp³-hybridized carbons (Fsp3) is 0.250. The Kier molecular flexibility index (Phi) is 3.83. The van der Waals surface area contributed by atoms with Gasteiger partial charge in [0, 0.05) is 6.04 Å². The molecule has 0 saturated heterocycles. The highest BCUT2D eigenvalue weighted by Crippen LogP contribution is 2.34. The van der Waals surface area contributed by atoms with Crippen LogP contribution in [0, 0.1) is 0 Å². The summed E-state index contributed by atoms with van der Waals surface area (Å²) >= 11 is 17.6. The maximum absolute atomic E-state index is 5.96. The third-order valence-electron chi connectivity index (χ3n) is 1.78. The SMILES string of the molecule is C[C@H](NN)c1ccc(Cl)c(Cl)c1Cl. The van der Waals surface area contributed by atoms with Gasteiger partial charge in [-0.05, 0) is 18.6 Å². The maximum atomic E-state index is 5.96. The van der Waals surface area contributed by atoms with E-state index in [1.807, 2.05) is 6.92 Å². The lowest BCUT2D eigenvalue weighted by Gasteiger charge is -2.13. The molecule has 1 atom stereocenters. The molecular weight excluding hydrogens is 230 g/mol. The van der Waals surface area contributed by atoms with Crippen molar-refractivity contribution in [3.63, 3.8) is 0 Å². The van der Waals surface area contributed by atoms with Crippen LogP contribution in [0.4, 0.5) is 0 Å². The van der Waals surface area contributed by atoms with Crippen LogP contribution in [0.3, 0.4) is 0 Å². The van der Waals surface area contributed by atoms with Crippen LogP contribution in [-0.4, -0.2) is 0 Å². The van der Waals surface area contributed by atoms with Crippen LogP contribution in [0.15, 0.2) is 12.1 Å². The summed E-state index contributed by atoms with van der Waals surface area (Å²) in [4.78, 5) is 0. The van der Waals surface area contributed by atoms with Crippen LogP contribution in [0.1, 0.15) is 18.5 Å². The van der Waals surface area contributed by atoms with Gasteiger partial charge < -0.3 is 0 Å². The normalized spacial score (nSPS) is 13.0. The molecule has 0 aliphatic rings. The quantitative estimate of drug-likeness (QED) is 0.473. The highest BCUT2D eigenvalue weighted by Gasteiger charge is 2.12. The van der Waals surface area contributed by atoms with E-state index in [0.717, 1.165) is 5.56 Å². The Bertz CT molecular complexity index is 315. The van der Waals surface area contributed by atoms with Gasteiger partial charge in [-0.2, -0.15) is 0 Å². The number of nitrogens with one attached hydrogen (secondary N) is 1. The summed E-state index contributed by atoms with van der Waals surface area (Å²) in [6.45, 7) is 1.88. The third-order valence-corrected chi connectivity index (χ3v) is 3.09. The van der Waals surface area contributed by atoms with Gasteiger partial charge in [-0.15, -0.1) is 0 Å². The van der Waals surface area contributed by atoms with Gasteiger partial charge in [0.15, 0.2) is 0 Å². The second-order valence-electron chi connectivity index (χ2n) is 2.65. The Morgan fingerprint density at radius 2 is 1.85 bits per heavy atom. The smallest absolute Gasteiger partial charge is 0.0781 e. The zero-order valence-electron chi connectivity index (χ0n) is 6.94. The molecule has 2 nitrogen and oxygen atoms in total. The lowest BCUT2D eigenvalue weighted by atomic mass is 10.1. The number of hydrogen-bond donors (Lipinski definition) is 2. The molecule has 3 N–H and O–H groups in total. The Labute approximate surface area is 91.9 Å². The van der Waals surface area contributed by atoms with E-state index < -0.39 is 0 Å². The van der Waals surface area contributed by atoms with Crippen molar-refractivity contribution in [2.24, 2.45) is 5.84 Å². The molecule has 0 bridgehead atoms. The predicted octanol–water partition coefficient (Wildman–Crippen LogP) is 3.17. The molecule has 0 spiro atoms. The molecule has 5 heteroatoms. The average Bonchev–Trinajstić information content (AvgIpc) is 2.13. The average molecular weight is 240 g/mol. The molecule has 0 saturated carbocycles. The van der Waals surface area contributed by atoms with Crippen molar-refractivity contribution in [3.8, 4) is 0 Å². The number of rotatable bonds is 2. The molecule has 0 fully saturated rings. The Morgan fingerprint density at radius 1 is 1.23 bits per heavy atom.